The van der Waals surface area contributed by atoms with E-state index in [-0.39, 0.29) is 11.9 Å². The van der Waals surface area contributed by atoms with E-state index in [1.165, 1.54) is 0 Å². The quantitative estimate of drug-likeness (QED) is 0.919. The number of carbonyl (C=O) groups excluding carboxylic acids is 1. The van der Waals surface area contributed by atoms with Gasteiger partial charge >= 0.3 is 6.03 Å². The Labute approximate surface area is 135 Å². The van der Waals surface area contributed by atoms with Gasteiger partial charge < -0.3 is 10.2 Å². The number of urea groups is 1. The molecule has 0 aliphatic heterocycles. The van der Waals surface area contributed by atoms with E-state index in [4.69, 9.17) is 5.26 Å². The molecule has 1 atom stereocenters. The molecule has 0 unspecified atom stereocenters. The number of rotatable bonds is 5. The van der Waals surface area contributed by atoms with Crippen LogP contribution in [0.4, 0.5) is 10.5 Å². The van der Waals surface area contributed by atoms with Crippen LogP contribution in [0.15, 0.2) is 30.6 Å². The number of aromatic nitrogens is 3. The normalized spacial score (nSPS) is 11.6. The van der Waals surface area contributed by atoms with Crippen LogP contribution in [0.25, 0.3) is 11.4 Å². The lowest BCUT2D eigenvalue weighted by Crippen LogP contribution is -2.37. The lowest BCUT2D eigenvalue weighted by molar-refractivity contribution is 0.210. The number of nitriles is 1. The molecular formula is C16H20N6O. The van der Waals surface area contributed by atoms with E-state index in [1.807, 2.05) is 38.2 Å². The van der Waals surface area contributed by atoms with Crippen LogP contribution in [0, 0.1) is 17.2 Å². The Hall–Kier alpha value is -2.88. The summed E-state index contributed by atoms with van der Waals surface area (Å²) >= 11 is 0. The van der Waals surface area contributed by atoms with Crippen LogP contribution in [0.2, 0.25) is 0 Å². The van der Waals surface area contributed by atoms with Gasteiger partial charge in [-0.25, -0.2) is 9.78 Å². The summed E-state index contributed by atoms with van der Waals surface area (Å²) in [7, 11) is 1.81. The summed E-state index contributed by atoms with van der Waals surface area (Å²) in [5.41, 5.74) is 1.58. The molecule has 0 saturated carbocycles. The smallest absolute Gasteiger partial charge is 0.321 e. The monoisotopic (exact) mass is 312 g/mol. The minimum absolute atomic E-state index is 0.196. The summed E-state index contributed by atoms with van der Waals surface area (Å²) in [5.74, 6) is 0.446. The van der Waals surface area contributed by atoms with Gasteiger partial charge in [0.05, 0.1) is 12.0 Å². The number of hydrogen-bond acceptors (Lipinski definition) is 4. The molecule has 7 nitrogen and oxygen atoms in total. The number of anilines is 1. The zero-order chi connectivity index (χ0) is 16.8. The van der Waals surface area contributed by atoms with Crippen molar-refractivity contribution in [2.45, 2.75) is 13.8 Å². The maximum atomic E-state index is 12.2. The van der Waals surface area contributed by atoms with Crippen LogP contribution >= 0.6 is 0 Å². The second-order valence-corrected chi connectivity index (χ2v) is 5.32. The fourth-order valence-electron chi connectivity index (χ4n) is 2.10. The Morgan fingerprint density at radius 2 is 2.13 bits per heavy atom. The molecule has 1 aromatic heterocycles. The van der Waals surface area contributed by atoms with Gasteiger partial charge in [0.25, 0.3) is 0 Å². The van der Waals surface area contributed by atoms with Crippen LogP contribution < -0.4 is 5.32 Å². The topological polar surface area (TPSA) is 86.8 Å². The third-order valence-corrected chi connectivity index (χ3v) is 3.38. The third kappa shape index (κ3) is 4.30. The number of hydrogen-bond donors (Lipinski definition) is 1. The van der Waals surface area contributed by atoms with Gasteiger partial charge in [0.15, 0.2) is 5.82 Å². The average Bonchev–Trinajstić information content (AvgIpc) is 2.99. The first kappa shape index (κ1) is 16.5. The van der Waals surface area contributed by atoms with Crippen LogP contribution in [0.3, 0.4) is 0 Å². The molecule has 7 heteroatoms. The van der Waals surface area contributed by atoms with Crippen molar-refractivity contribution in [3.8, 4) is 17.5 Å². The fraction of sp³-hybridized carbons (Fsp3) is 0.375. The average molecular weight is 312 g/mol. The summed E-state index contributed by atoms with van der Waals surface area (Å²) in [4.78, 5) is 18.0. The highest BCUT2D eigenvalue weighted by Crippen LogP contribution is 2.18. The van der Waals surface area contributed by atoms with Gasteiger partial charge in [-0.3, -0.25) is 4.68 Å². The molecule has 0 aliphatic rings. The molecule has 2 amide bonds. The SMILES string of the molecule is CCN(C[C@H](C)C#N)C(=O)Nc1ccc(-c2ncn(C)n2)cc1. The molecule has 0 spiro atoms. The Bertz CT molecular complexity index is 700. The van der Waals surface area contributed by atoms with Gasteiger partial charge in [0.2, 0.25) is 0 Å². The predicted octanol–water partition coefficient (Wildman–Crippen LogP) is 2.50. The Morgan fingerprint density at radius 3 is 2.65 bits per heavy atom. The highest BCUT2D eigenvalue weighted by atomic mass is 16.2. The van der Waals surface area contributed by atoms with Gasteiger partial charge in [0, 0.05) is 31.4 Å². The van der Waals surface area contributed by atoms with Crippen LogP contribution in [-0.4, -0.2) is 38.8 Å². The molecule has 0 radical (unpaired) electrons. The van der Waals surface area contributed by atoms with Gasteiger partial charge in [-0.2, -0.15) is 10.4 Å². The van der Waals surface area contributed by atoms with Gasteiger partial charge in [-0.15, -0.1) is 0 Å². The second-order valence-electron chi connectivity index (χ2n) is 5.32. The minimum atomic E-state index is -0.210. The van der Waals surface area contributed by atoms with Crippen molar-refractivity contribution in [3.05, 3.63) is 30.6 Å². The van der Waals surface area contributed by atoms with E-state index in [1.54, 1.807) is 22.8 Å². The molecule has 2 rings (SSSR count). The van der Waals surface area contributed by atoms with Crippen molar-refractivity contribution in [2.24, 2.45) is 13.0 Å². The third-order valence-electron chi connectivity index (χ3n) is 3.38. The lowest BCUT2D eigenvalue weighted by Gasteiger charge is -2.22. The van der Waals surface area contributed by atoms with E-state index in [9.17, 15) is 4.79 Å². The molecule has 0 aliphatic carbocycles. The van der Waals surface area contributed by atoms with Crippen LogP contribution in [0.1, 0.15) is 13.8 Å². The molecule has 0 saturated heterocycles. The Balaban J connectivity index is 2.02. The maximum absolute atomic E-state index is 12.2. The van der Waals surface area contributed by atoms with Crippen molar-refractivity contribution in [3.63, 3.8) is 0 Å². The lowest BCUT2D eigenvalue weighted by atomic mass is 10.2. The molecule has 1 heterocycles. The van der Waals surface area contributed by atoms with E-state index < -0.39 is 0 Å². The van der Waals surface area contributed by atoms with E-state index in [0.717, 1.165) is 5.56 Å². The van der Waals surface area contributed by atoms with E-state index in [0.29, 0.717) is 24.6 Å². The summed E-state index contributed by atoms with van der Waals surface area (Å²) < 4.78 is 1.64. The first-order valence-corrected chi connectivity index (χ1v) is 7.45. The fourth-order valence-corrected chi connectivity index (χ4v) is 2.10. The second kappa shape index (κ2) is 7.40. The van der Waals surface area contributed by atoms with Crippen molar-refractivity contribution in [2.75, 3.05) is 18.4 Å². The van der Waals surface area contributed by atoms with Crippen molar-refractivity contribution >= 4 is 11.7 Å². The van der Waals surface area contributed by atoms with Gasteiger partial charge in [-0.05, 0) is 38.1 Å². The minimum Gasteiger partial charge on any atom is -0.324 e. The number of carbonyl (C=O) groups is 1. The Morgan fingerprint density at radius 1 is 1.43 bits per heavy atom. The predicted molar refractivity (Wildman–Crippen MR) is 87.5 cm³/mol. The molecule has 1 N–H and O–H groups in total. The largest absolute Gasteiger partial charge is 0.324 e. The number of amides is 2. The zero-order valence-electron chi connectivity index (χ0n) is 13.5. The number of nitrogens with zero attached hydrogens (tertiary/aromatic N) is 5. The van der Waals surface area contributed by atoms with E-state index in [2.05, 4.69) is 21.5 Å². The Kier molecular flexibility index (Phi) is 5.31. The standard InChI is InChI=1S/C16H20N6O/c1-4-22(10-12(2)9-17)16(23)19-14-7-5-13(6-8-14)15-18-11-21(3)20-15/h5-8,11-12H,4,10H2,1-3H3,(H,19,23)/t12-/m1/s1. The molecular weight excluding hydrogens is 292 g/mol. The number of nitrogens with one attached hydrogen (secondary N) is 1. The molecule has 1 aromatic carbocycles. The van der Waals surface area contributed by atoms with Crippen LogP contribution in [-0.2, 0) is 7.05 Å². The van der Waals surface area contributed by atoms with Gasteiger partial charge in [-0.1, -0.05) is 0 Å². The van der Waals surface area contributed by atoms with Gasteiger partial charge in [0.1, 0.15) is 6.33 Å². The summed E-state index contributed by atoms with van der Waals surface area (Å²) in [6.45, 7) is 4.65. The highest BCUT2D eigenvalue weighted by molar-refractivity contribution is 5.89. The molecule has 23 heavy (non-hydrogen) atoms. The molecule has 120 valence electrons. The summed E-state index contributed by atoms with van der Waals surface area (Å²) in [6, 6.07) is 9.27. The van der Waals surface area contributed by atoms with E-state index >= 15 is 0 Å². The highest BCUT2D eigenvalue weighted by Gasteiger charge is 2.14. The molecule has 0 fully saturated rings. The first-order chi connectivity index (χ1) is 11.0. The number of aryl methyl sites for hydroxylation is 1. The zero-order valence-corrected chi connectivity index (χ0v) is 13.5. The summed E-state index contributed by atoms with van der Waals surface area (Å²) in [6.07, 6.45) is 1.64. The molecule has 2 aromatic rings. The number of benzene rings is 1. The first-order valence-electron chi connectivity index (χ1n) is 7.45. The molecule has 0 bridgehead atoms. The van der Waals surface area contributed by atoms with Crippen LogP contribution in [0.5, 0.6) is 0 Å². The van der Waals surface area contributed by atoms with Crippen molar-refractivity contribution in [1.29, 1.82) is 5.26 Å². The van der Waals surface area contributed by atoms with Crippen molar-refractivity contribution < 1.29 is 4.79 Å². The maximum Gasteiger partial charge on any atom is 0.321 e. The summed E-state index contributed by atoms with van der Waals surface area (Å²) in [5, 5.41) is 15.9. The van der Waals surface area contributed by atoms with Crippen molar-refractivity contribution in [1.82, 2.24) is 19.7 Å².